The molecule has 1 aromatic carbocycles. The van der Waals surface area contributed by atoms with Crippen LogP contribution in [0.15, 0.2) is 30.6 Å². The maximum atomic E-state index is 8.85. The average Bonchev–Trinajstić information content (AvgIpc) is 2.55. The molecule has 8 heteroatoms. The molecular formula is C15H14ClN7. The molecule has 2 aromatic rings. The molecule has 0 unspecified atom stereocenters. The van der Waals surface area contributed by atoms with Gasteiger partial charge in [0, 0.05) is 11.6 Å². The number of anilines is 3. The molecular weight excluding hydrogens is 314 g/mol. The van der Waals surface area contributed by atoms with Crippen molar-refractivity contribution in [3.63, 3.8) is 0 Å². The monoisotopic (exact) mass is 327 g/mol. The van der Waals surface area contributed by atoms with Gasteiger partial charge in [-0.15, -0.1) is 0 Å². The molecule has 3 N–H and O–H groups in total. The zero-order valence-corrected chi connectivity index (χ0v) is 13.0. The van der Waals surface area contributed by atoms with Crippen LogP contribution < -0.4 is 16.0 Å². The number of halogens is 1. The standard InChI is InChI=1S/C15H14ClN7/c16-12-3-1-11(2-4-12)9-20-14-13(19)15(22-10-21-14)23(7-5-17)8-6-18/h1-4,10H,7-9,19H2,(H,20,21,22). The minimum absolute atomic E-state index is 0.0192. The molecule has 2 rings (SSSR count). The molecule has 0 aliphatic rings. The van der Waals surface area contributed by atoms with E-state index in [0.29, 0.717) is 28.9 Å². The largest absolute Gasteiger partial charge is 0.393 e. The highest BCUT2D eigenvalue weighted by Gasteiger charge is 2.14. The van der Waals surface area contributed by atoms with E-state index in [4.69, 9.17) is 27.9 Å². The highest BCUT2D eigenvalue weighted by Crippen LogP contribution is 2.26. The van der Waals surface area contributed by atoms with Crippen molar-refractivity contribution in [3.05, 3.63) is 41.2 Å². The van der Waals surface area contributed by atoms with Crippen LogP contribution in [0.4, 0.5) is 17.3 Å². The van der Waals surface area contributed by atoms with Crippen molar-refractivity contribution in [1.29, 1.82) is 10.5 Å². The van der Waals surface area contributed by atoms with Crippen molar-refractivity contribution in [2.45, 2.75) is 6.54 Å². The maximum Gasteiger partial charge on any atom is 0.159 e. The molecule has 0 saturated carbocycles. The van der Waals surface area contributed by atoms with Crippen molar-refractivity contribution >= 4 is 28.9 Å². The van der Waals surface area contributed by atoms with Gasteiger partial charge in [0.05, 0.1) is 12.1 Å². The Kier molecular flexibility index (Phi) is 5.56. The van der Waals surface area contributed by atoms with Gasteiger partial charge in [-0.1, -0.05) is 23.7 Å². The molecule has 0 aliphatic heterocycles. The fourth-order valence-corrected chi connectivity index (χ4v) is 2.07. The molecule has 7 nitrogen and oxygen atoms in total. The molecule has 0 fully saturated rings. The summed E-state index contributed by atoms with van der Waals surface area (Å²) in [5.41, 5.74) is 7.38. The van der Waals surface area contributed by atoms with Crippen molar-refractivity contribution in [2.75, 3.05) is 29.0 Å². The first-order valence-corrected chi connectivity index (χ1v) is 7.11. The molecule has 23 heavy (non-hydrogen) atoms. The Morgan fingerprint density at radius 3 is 2.39 bits per heavy atom. The van der Waals surface area contributed by atoms with Crippen molar-refractivity contribution in [2.24, 2.45) is 0 Å². The fourth-order valence-electron chi connectivity index (χ4n) is 1.94. The first-order valence-electron chi connectivity index (χ1n) is 6.73. The van der Waals surface area contributed by atoms with Gasteiger partial charge < -0.3 is 16.0 Å². The van der Waals surface area contributed by atoms with E-state index in [0.717, 1.165) is 5.56 Å². The molecule has 0 radical (unpaired) electrons. The second-order valence-corrected chi connectivity index (χ2v) is 5.05. The Hall–Kier alpha value is -3.03. The Balaban J connectivity index is 2.17. The van der Waals surface area contributed by atoms with Gasteiger partial charge in [0.2, 0.25) is 0 Å². The Labute approximate surface area is 138 Å². The number of hydrogen-bond acceptors (Lipinski definition) is 7. The number of nitrogens with one attached hydrogen (secondary N) is 1. The lowest BCUT2D eigenvalue weighted by atomic mass is 10.2. The normalized spacial score (nSPS) is 9.70. The van der Waals surface area contributed by atoms with Crippen LogP contribution in [0.1, 0.15) is 5.56 Å². The lowest BCUT2D eigenvalue weighted by molar-refractivity contribution is 0.927. The van der Waals surface area contributed by atoms with Crippen LogP contribution in [-0.2, 0) is 6.54 Å². The number of benzene rings is 1. The number of nitrogens with two attached hydrogens (primary N) is 1. The van der Waals surface area contributed by atoms with Gasteiger partial charge in [0.25, 0.3) is 0 Å². The Morgan fingerprint density at radius 1 is 1.13 bits per heavy atom. The van der Waals surface area contributed by atoms with Crippen molar-refractivity contribution < 1.29 is 0 Å². The maximum absolute atomic E-state index is 8.85. The zero-order chi connectivity index (χ0) is 16.7. The fraction of sp³-hybridized carbons (Fsp3) is 0.200. The quantitative estimate of drug-likeness (QED) is 0.781. The molecule has 0 amide bonds. The van der Waals surface area contributed by atoms with Crippen molar-refractivity contribution in [1.82, 2.24) is 9.97 Å². The summed E-state index contributed by atoms with van der Waals surface area (Å²) in [6.45, 7) is 0.547. The topological polar surface area (TPSA) is 115 Å². The van der Waals surface area contributed by atoms with Gasteiger partial charge >= 0.3 is 0 Å². The third kappa shape index (κ3) is 4.22. The van der Waals surface area contributed by atoms with Crippen LogP contribution in [0.2, 0.25) is 5.02 Å². The minimum Gasteiger partial charge on any atom is -0.393 e. The Morgan fingerprint density at radius 2 is 1.78 bits per heavy atom. The van der Waals surface area contributed by atoms with E-state index in [1.807, 2.05) is 24.3 Å². The van der Waals surface area contributed by atoms with Gasteiger partial charge in [0.1, 0.15) is 25.1 Å². The van der Waals surface area contributed by atoms with Gasteiger partial charge in [-0.05, 0) is 17.7 Å². The van der Waals surface area contributed by atoms with E-state index in [1.165, 1.54) is 11.2 Å². The molecule has 0 bridgehead atoms. The molecule has 1 aromatic heterocycles. The van der Waals surface area contributed by atoms with Gasteiger partial charge in [-0.25, -0.2) is 9.97 Å². The summed E-state index contributed by atoms with van der Waals surface area (Å²) in [5, 5.41) is 21.5. The third-order valence-corrected chi connectivity index (χ3v) is 3.31. The summed E-state index contributed by atoms with van der Waals surface area (Å²) in [6.07, 6.45) is 1.34. The smallest absolute Gasteiger partial charge is 0.159 e. The third-order valence-electron chi connectivity index (χ3n) is 3.06. The van der Waals surface area contributed by atoms with Crippen LogP contribution in [0.3, 0.4) is 0 Å². The highest BCUT2D eigenvalue weighted by molar-refractivity contribution is 6.30. The van der Waals surface area contributed by atoms with Gasteiger partial charge in [-0.2, -0.15) is 10.5 Å². The van der Waals surface area contributed by atoms with Crippen LogP contribution in [-0.4, -0.2) is 23.1 Å². The molecule has 0 saturated heterocycles. The number of aromatic nitrogens is 2. The summed E-state index contributed by atoms with van der Waals surface area (Å²) >= 11 is 5.85. The average molecular weight is 328 g/mol. The molecule has 1 heterocycles. The lowest BCUT2D eigenvalue weighted by Gasteiger charge is -2.20. The summed E-state index contributed by atoms with van der Waals surface area (Å²) in [4.78, 5) is 9.67. The predicted octanol–water partition coefficient (Wildman–Crippen LogP) is 2.18. The number of nitriles is 2. The second-order valence-electron chi connectivity index (χ2n) is 4.61. The summed E-state index contributed by atoms with van der Waals surface area (Å²) in [5.74, 6) is 0.813. The lowest BCUT2D eigenvalue weighted by Crippen LogP contribution is -2.26. The Bertz CT molecular complexity index is 730. The van der Waals surface area contributed by atoms with Crippen molar-refractivity contribution in [3.8, 4) is 12.1 Å². The van der Waals surface area contributed by atoms with Crippen LogP contribution in [0.25, 0.3) is 0 Å². The second kappa shape index (κ2) is 7.83. The molecule has 0 aliphatic carbocycles. The first-order chi connectivity index (χ1) is 11.2. The minimum atomic E-state index is 0.0192. The van der Waals surface area contributed by atoms with E-state index in [2.05, 4.69) is 15.3 Å². The number of nitrogens with zero attached hydrogens (tertiary/aromatic N) is 5. The predicted molar refractivity (Wildman–Crippen MR) is 88.7 cm³/mol. The SMILES string of the molecule is N#CCN(CC#N)c1ncnc(NCc2ccc(Cl)cc2)c1N. The van der Waals surface area contributed by atoms with E-state index < -0.39 is 0 Å². The number of hydrogen-bond donors (Lipinski definition) is 2. The number of nitrogen functional groups attached to an aromatic ring is 1. The molecule has 0 spiro atoms. The molecule has 0 atom stereocenters. The van der Waals surface area contributed by atoms with E-state index in [9.17, 15) is 0 Å². The highest BCUT2D eigenvalue weighted by atomic mass is 35.5. The zero-order valence-electron chi connectivity index (χ0n) is 12.2. The van der Waals surface area contributed by atoms with Crippen LogP contribution in [0, 0.1) is 22.7 Å². The molecule has 116 valence electrons. The summed E-state index contributed by atoms with van der Waals surface area (Å²) in [7, 11) is 0. The van der Waals surface area contributed by atoms with E-state index >= 15 is 0 Å². The van der Waals surface area contributed by atoms with Crippen LogP contribution in [0.5, 0.6) is 0 Å². The summed E-state index contributed by atoms with van der Waals surface area (Å²) in [6, 6.07) is 11.4. The van der Waals surface area contributed by atoms with E-state index in [-0.39, 0.29) is 13.1 Å². The van der Waals surface area contributed by atoms with Gasteiger partial charge in [-0.3, -0.25) is 0 Å². The van der Waals surface area contributed by atoms with E-state index in [1.54, 1.807) is 12.1 Å². The first kappa shape index (κ1) is 16.3. The summed E-state index contributed by atoms with van der Waals surface area (Å²) < 4.78 is 0. The number of rotatable bonds is 6. The van der Waals surface area contributed by atoms with Crippen LogP contribution >= 0.6 is 11.6 Å². The van der Waals surface area contributed by atoms with Gasteiger partial charge in [0.15, 0.2) is 11.6 Å².